The molecule has 44 heavy (non-hydrogen) atoms. The molecule has 1 aliphatic carbocycles. The molecule has 0 bridgehead atoms. The van der Waals surface area contributed by atoms with Crippen molar-refractivity contribution in [3.05, 3.63) is 58.6 Å². The van der Waals surface area contributed by atoms with Gasteiger partial charge in [0.1, 0.15) is 0 Å². The molecule has 1 saturated heterocycles. The largest absolute Gasteiger partial charge is 0.378 e. The monoisotopic (exact) mass is 665 g/mol. The summed E-state index contributed by atoms with van der Waals surface area (Å²) in [6.45, 7) is 6.61. The van der Waals surface area contributed by atoms with E-state index >= 15 is 0 Å². The van der Waals surface area contributed by atoms with Crippen molar-refractivity contribution in [3.63, 3.8) is 0 Å². The summed E-state index contributed by atoms with van der Waals surface area (Å²) in [4.78, 5) is 4.64. The van der Waals surface area contributed by atoms with Crippen molar-refractivity contribution < 1.29 is 16.8 Å². The van der Waals surface area contributed by atoms with Gasteiger partial charge in [0.2, 0.25) is 10.0 Å². The van der Waals surface area contributed by atoms with Gasteiger partial charge in [0.05, 0.1) is 4.90 Å². The van der Waals surface area contributed by atoms with Gasteiger partial charge >= 0.3 is 0 Å². The Balaban J connectivity index is 1.38. The van der Waals surface area contributed by atoms with E-state index in [1.165, 1.54) is 19.3 Å². The Hall–Kier alpha value is -1.73. The highest BCUT2D eigenvalue weighted by Crippen LogP contribution is 2.29. The summed E-state index contributed by atoms with van der Waals surface area (Å²) in [5.41, 5.74) is 3.01. The fourth-order valence-corrected chi connectivity index (χ4v) is 10.1. The summed E-state index contributed by atoms with van der Waals surface area (Å²) in [6, 6.07) is 12.7. The highest BCUT2D eigenvalue weighted by molar-refractivity contribution is 7.89. The highest BCUT2D eigenvalue weighted by Gasteiger charge is 2.35. The first-order chi connectivity index (χ1) is 20.9. The summed E-state index contributed by atoms with van der Waals surface area (Å²) in [5, 5.41) is 0.663. The van der Waals surface area contributed by atoms with E-state index in [0.717, 1.165) is 49.3 Å². The number of rotatable bonds is 7. The van der Waals surface area contributed by atoms with Crippen LogP contribution in [0.1, 0.15) is 50.2 Å². The topological polar surface area (TPSA) is 84.5 Å². The summed E-state index contributed by atoms with van der Waals surface area (Å²) < 4.78 is 61.0. The molecular weight excluding hydrogens is 618 g/mol. The third-order valence-corrected chi connectivity index (χ3v) is 13.4. The maximum absolute atomic E-state index is 14.2. The number of hydrogen-bond acceptors (Lipinski definition) is 6. The molecule has 12 heteroatoms. The van der Waals surface area contributed by atoms with Gasteiger partial charge in [0.15, 0.2) is 0 Å². The maximum atomic E-state index is 14.2. The lowest BCUT2D eigenvalue weighted by molar-refractivity contribution is 0.162. The Kier molecular flexibility index (Phi) is 11.0. The molecule has 2 heterocycles. The summed E-state index contributed by atoms with van der Waals surface area (Å²) in [7, 11) is -3.68. The Bertz CT molecular complexity index is 1480. The number of sulfonamides is 1. The van der Waals surface area contributed by atoms with Crippen LogP contribution in [0.3, 0.4) is 0 Å². The minimum atomic E-state index is -3.77. The molecular formula is C32H48ClN5O4S2. The van der Waals surface area contributed by atoms with Crippen LogP contribution in [-0.2, 0) is 33.2 Å². The molecule has 0 spiro atoms. The van der Waals surface area contributed by atoms with Crippen LogP contribution in [0.2, 0.25) is 5.02 Å². The van der Waals surface area contributed by atoms with E-state index in [9.17, 15) is 16.8 Å². The van der Waals surface area contributed by atoms with Crippen LogP contribution in [-0.4, -0.2) is 101 Å². The van der Waals surface area contributed by atoms with Crippen LogP contribution >= 0.6 is 11.6 Å². The minimum absolute atomic E-state index is 0.193. The number of anilines is 1. The highest BCUT2D eigenvalue weighted by atomic mass is 35.5. The molecule has 1 atom stereocenters. The smallest absolute Gasteiger partial charge is 0.282 e. The van der Waals surface area contributed by atoms with Gasteiger partial charge in [-0.05, 0) is 105 Å². The first kappa shape index (κ1) is 33.6. The van der Waals surface area contributed by atoms with Crippen molar-refractivity contribution in [1.29, 1.82) is 0 Å². The standard InChI is InChI=1S/C32H48ClN5O4S2/c1-26-22-36(43(39,40)32-13-11-31(12-14-32)34(2)3)18-5-16-35(24-27-7-4-8-27)17-6-19-37(23-26)44(41,42)38-20-15-28-21-30(33)10-9-29(28)25-38/h9-14,21,26-27H,4-8,15-20,22-25H2,1-3H3/t26-/m0/s1. The molecule has 2 aromatic carbocycles. The average Bonchev–Trinajstić information content (AvgIpc) is 2.96. The predicted octanol–water partition coefficient (Wildman–Crippen LogP) is 4.53. The zero-order valence-electron chi connectivity index (χ0n) is 26.4. The molecule has 0 amide bonds. The van der Waals surface area contributed by atoms with Gasteiger partial charge in [-0.2, -0.15) is 21.3 Å². The van der Waals surface area contributed by atoms with Gasteiger partial charge in [0, 0.05) is 70.6 Å². The second-order valence-electron chi connectivity index (χ2n) is 13.0. The Morgan fingerprint density at radius 1 is 0.795 bits per heavy atom. The molecule has 0 radical (unpaired) electrons. The van der Waals surface area contributed by atoms with Gasteiger partial charge < -0.3 is 9.80 Å². The van der Waals surface area contributed by atoms with Crippen molar-refractivity contribution >= 4 is 37.5 Å². The van der Waals surface area contributed by atoms with E-state index in [0.29, 0.717) is 43.5 Å². The van der Waals surface area contributed by atoms with E-state index in [2.05, 4.69) is 4.90 Å². The lowest BCUT2D eigenvalue weighted by Gasteiger charge is -2.37. The van der Waals surface area contributed by atoms with E-state index in [-0.39, 0.29) is 23.9 Å². The van der Waals surface area contributed by atoms with Crippen molar-refractivity contribution in [2.45, 2.75) is 56.9 Å². The number of hydrogen-bond donors (Lipinski definition) is 0. The number of fused-ring (bicyclic) bond motifs is 1. The fourth-order valence-electron chi connectivity index (χ4n) is 6.56. The maximum Gasteiger partial charge on any atom is 0.282 e. The minimum Gasteiger partial charge on any atom is -0.378 e. The fraction of sp³-hybridized carbons (Fsp3) is 0.625. The van der Waals surface area contributed by atoms with E-state index in [1.807, 2.05) is 56.3 Å². The first-order valence-electron chi connectivity index (χ1n) is 16.0. The third-order valence-electron chi connectivity index (χ3n) is 9.32. The van der Waals surface area contributed by atoms with Gasteiger partial charge in [-0.25, -0.2) is 8.42 Å². The molecule has 2 aliphatic heterocycles. The van der Waals surface area contributed by atoms with Gasteiger partial charge in [-0.15, -0.1) is 0 Å². The Morgan fingerprint density at radius 2 is 1.45 bits per heavy atom. The van der Waals surface area contributed by atoms with Gasteiger partial charge in [-0.1, -0.05) is 31.0 Å². The van der Waals surface area contributed by atoms with Crippen LogP contribution in [0.5, 0.6) is 0 Å². The quantitative estimate of drug-likeness (QED) is 0.432. The first-order valence-corrected chi connectivity index (χ1v) is 19.2. The second kappa shape index (κ2) is 14.4. The second-order valence-corrected chi connectivity index (χ2v) is 17.3. The molecule has 1 saturated carbocycles. The van der Waals surface area contributed by atoms with Crippen LogP contribution < -0.4 is 4.90 Å². The summed E-state index contributed by atoms with van der Waals surface area (Å²) in [6.07, 6.45) is 5.85. The molecule has 0 unspecified atom stereocenters. The van der Waals surface area contributed by atoms with E-state index < -0.39 is 20.2 Å². The average molecular weight is 666 g/mol. The number of nitrogens with zero attached hydrogens (tertiary/aromatic N) is 5. The predicted molar refractivity (Wildman–Crippen MR) is 178 cm³/mol. The molecule has 244 valence electrons. The summed E-state index contributed by atoms with van der Waals surface area (Å²) >= 11 is 6.19. The number of halogens is 1. The molecule has 0 N–H and O–H groups in total. The van der Waals surface area contributed by atoms with Crippen molar-refractivity contribution in [2.24, 2.45) is 11.8 Å². The molecule has 2 aromatic rings. The zero-order valence-corrected chi connectivity index (χ0v) is 28.8. The molecule has 5 rings (SSSR count). The van der Waals surface area contributed by atoms with Crippen molar-refractivity contribution in [3.8, 4) is 0 Å². The molecule has 3 aliphatic rings. The van der Waals surface area contributed by atoms with Crippen LogP contribution in [0.15, 0.2) is 47.4 Å². The van der Waals surface area contributed by atoms with Crippen LogP contribution in [0, 0.1) is 11.8 Å². The van der Waals surface area contributed by atoms with Crippen LogP contribution in [0.25, 0.3) is 0 Å². The number of benzene rings is 2. The zero-order chi connectivity index (χ0) is 31.5. The third kappa shape index (κ3) is 7.97. The molecule has 0 aromatic heterocycles. The van der Waals surface area contributed by atoms with Crippen molar-refractivity contribution in [2.75, 3.05) is 71.4 Å². The lowest BCUT2D eigenvalue weighted by Crippen LogP contribution is -2.49. The van der Waals surface area contributed by atoms with Crippen molar-refractivity contribution in [1.82, 2.24) is 17.8 Å². The lowest BCUT2D eigenvalue weighted by atomic mass is 9.85. The van der Waals surface area contributed by atoms with E-state index in [1.54, 1.807) is 25.0 Å². The summed E-state index contributed by atoms with van der Waals surface area (Å²) in [5.74, 6) is 0.488. The van der Waals surface area contributed by atoms with Crippen LogP contribution in [0.4, 0.5) is 5.69 Å². The SMILES string of the molecule is C[C@H]1CN(S(=O)(=O)c2ccc(N(C)C)cc2)CCCN(CC2CCC2)CCCN(S(=O)(=O)N2CCc3cc(Cl)ccc3C2)C1. The molecule has 9 nitrogen and oxygen atoms in total. The van der Waals surface area contributed by atoms with E-state index in [4.69, 9.17) is 11.6 Å². The normalized spacial score (nSPS) is 22.9. The molecule has 2 fully saturated rings. The van der Waals surface area contributed by atoms with Gasteiger partial charge in [0.25, 0.3) is 10.2 Å². The Labute approximate surface area is 270 Å². The van der Waals surface area contributed by atoms with Gasteiger partial charge in [-0.3, -0.25) is 0 Å². The Morgan fingerprint density at radius 3 is 2.09 bits per heavy atom.